The Kier molecular flexibility index (Phi) is 6.95. The van der Waals surface area contributed by atoms with Gasteiger partial charge >= 0.3 is 0 Å². The van der Waals surface area contributed by atoms with Crippen LogP contribution in [0, 0.1) is 5.82 Å². The van der Waals surface area contributed by atoms with E-state index >= 15 is 0 Å². The molecular weight excluding hydrogens is 495 g/mol. The van der Waals surface area contributed by atoms with E-state index in [9.17, 15) is 14.0 Å². The maximum Gasteiger partial charge on any atom is 0.265 e. The molecule has 0 radical (unpaired) electrons. The first kappa shape index (κ1) is 23.8. The molecule has 5 rings (SSSR count). The van der Waals surface area contributed by atoms with E-state index in [-0.39, 0.29) is 17.3 Å². The number of hydrogen-bond acceptors (Lipinski definition) is 7. The summed E-state index contributed by atoms with van der Waals surface area (Å²) in [4.78, 5) is 34.0. The third-order valence-electron chi connectivity index (χ3n) is 5.20. The van der Waals surface area contributed by atoms with Gasteiger partial charge in [0, 0.05) is 18.1 Å². The molecule has 0 saturated carbocycles. The molecule has 0 unspecified atom stereocenters. The van der Waals surface area contributed by atoms with Gasteiger partial charge in [0.05, 0.1) is 15.4 Å². The van der Waals surface area contributed by atoms with Crippen molar-refractivity contribution >= 4 is 34.5 Å². The zero-order chi connectivity index (χ0) is 25.6. The molecule has 37 heavy (non-hydrogen) atoms. The third kappa shape index (κ3) is 5.68. The number of benzene rings is 2. The number of nitrogens with zero attached hydrogens (tertiary/aromatic N) is 4. The van der Waals surface area contributed by atoms with Crippen molar-refractivity contribution in [3.8, 4) is 11.4 Å². The average Bonchev–Trinajstić information content (AvgIpc) is 3.62. The van der Waals surface area contributed by atoms with Crippen LogP contribution in [-0.2, 0) is 6.61 Å². The summed E-state index contributed by atoms with van der Waals surface area (Å²) in [6.07, 6.45) is 6.04. The standard InChI is InChI=1S/C26H19FN6O3S/c27-19-13-18(5-6-21(19)33-16-29-15-30-33)31-25(34)23-7-8-24(37-23)26(35)32-20-3-1-2-4-22(20)36-14-17-9-11-28-12-10-17/h1-13,15-16H,14H2,(H,31,34)(H,32,35). The van der Waals surface area contributed by atoms with Gasteiger partial charge in [-0.1, -0.05) is 12.1 Å². The number of para-hydroxylation sites is 2. The van der Waals surface area contributed by atoms with Crippen LogP contribution in [0.4, 0.5) is 15.8 Å². The highest BCUT2D eigenvalue weighted by atomic mass is 32.1. The minimum Gasteiger partial charge on any atom is -0.487 e. The van der Waals surface area contributed by atoms with Crippen molar-refractivity contribution in [3.05, 3.63) is 113 Å². The van der Waals surface area contributed by atoms with Gasteiger partial charge in [0.15, 0.2) is 5.82 Å². The van der Waals surface area contributed by atoms with E-state index in [1.807, 2.05) is 18.2 Å². The van der Waals surface area contributed by atoms with E-state index in [1.165, 1.54) is 29.5 Å². The van der Waals surface area contributed by atoms with Crippen LogP contribution in [0.3, 0.4) is 0 Å². The number of halogens is 1. The number of carbonyl (C=O) groups excluding carboxylic acids is 2. The molecule has 2 N–H and O–H groups in total. The quantitative estimate of drug-likeness (QED) is 0.303. The maximum atomic E-state index is 14.5. The van der Waals surface area contributed by atoms with Crippen LogP contribution in [0.2, 0.25) is 0 Å². The highest BCUT2D eigenvalue weighted by molar-refractivity contribution is 7.16. The number of anilines is 2. The van der Waals surface area contributed by atoms with Crippen LogP contribution in [0.1, 0.15) is 24.9 Å². The first-order valence-electron chi connectivity index (χ1n) is 11.0. The number of carbonyl (C=O) groups is 2. The monoisotopic (exact) mass is 514 g/mol. The summed E-state index contributed by atoms with van der Waals surface area (Å²) in [5.41, 5.74) is 1.92. The Morgan fingerprint density at radius 1 is 0.919 bits per heavy atom. The van der Waals surface area contributed by atoms with Crippen LogP contribution >= 0.6 is 11.3 Å². The normalized spacial score (nSPS) is 10.6. The topological polar surface area (TPSA) is 111 Å². The van der Waals surface area contributed by atoms with E-state index < -0.39 is 11.7 Å². The van der Waals surface area contributed by atoms with Crippen LogP contribution in [0.15, 0.2) is 91.8 Å². The number of ether oxygens (including phenoxy) is 1. The second kappa shape index (κ2) is 10.8. The van der Waals surface area contributed by atoms with Crippen LogP contribution < -0.4 is 15.4 Å². The fourth-order valence-corrected chi connectivity index (χ4v) is 4.19. The second-order valence-corrected chi connectivity index (χ2v) is 8.80. The summed E-state index contributed by atoms with van der Waals surface area (Å²) >= 11 is 1.02. The molecule has 11 heteroatoms. The Labute approximate surface area is 214 Å². The molecular formula is C26H19FN6O3S. The Morgan fingerprint density at radius 3 is 2.41 bits per heavy atom. The van der Waals surface area contributed by atoms with Crippen molar-refractivity contribution < 1.29 is 18.7 Å². The van der Waals surface area contributed by atoms with Crippen molar-refractivity contribution in [1.29, 1.82) is 0 Å². The first-order chi connectivity index (χ1) is 18.1. The SMILES string of the molecule is O=C(Nc1ccc(-n2cncn2)c(F)c1)c1ccc(C(=O)Nc2ccccc2OCc2ccncc2)s1. The molecule has 5 aromatic rings. The Balaban J connectivity index is 1.23. The van der Waals surface area contributed by atoms with Crippen molar-refractivity contribution in [3.63, 3.8) is 0 Å². The molecule has 0 bridgehead atoms. The lowest BCUT2D eigenvalue weighted by Gasteiger charge is -2.12. The van der Waals surface area contributed by atoms with Crippen LogP contribution in [-0.4, -0.2) is 31.6 Å². The maximum absolute atomic E-state index is 14.5. The van der Waals surface area contributed by atoms with Crippen LogP contribution in [0.5, 0.6) is 5.75 Å². The van der Waals surface area contributed by atoms with Gasteiger partial charge in [-0.25, -0.2) is 14.1 Å². The molecule has 0 aliphatic rings. The lowest BCUT2D eigenvalue weighted by Crippen LogP contribution is -2.12. The number of nitrogens with one attached hydrogen (secondary N) is 2. The summed E-state index contributed by atoms with van der Waals surface area (Å²) in [5.74, 6) is -0.900. The molecule has 2 amide bonds. The predicted molar refractivity (Wildman–Crippen MR) is 137 cm³/mol. The average molecular weight is 515 g/mol. The highest BCUT2D eigenvalue weighted by Crippen LogP contribution is 2.27. The van der Waals surface area contributed by atoms with Crippen LogP contribution in [0.25, 0.3) is 5.69 Å². The summed E-state index contributed by atoms with van der Waals surface area (Å²) in [5, 5.41) is 9.37. The number of aromatic nitrogens is 4. The van der Waals surface area contributed by atoms with Crippen molar-refractivity contribution in [2.75, 3.05) is 10.6 Å². The number of rotatable bonds is 8. The van der Waals surface area contributed by atoms with E-state index in [4.69, 9.17) is 4.74 Å². The van der Waals surface area contributed by atoms with Gasteiger partial charge in [0.25, 0.3) is 11.8 Å². The zero-order valence-electron chi connectivity index (χ0n) is 19.2. The van der Waals surface area contributed by atoms with E-state index in [2.05, 4.69) is 25.7 Å². The number of thiophene rings is 1. The Morgan fingerprint density at radius 2 is 1.68 bits per heavy atom. The Hall–Kier alpha value is -4.90. The molecule has 0 atom stereocenters. The van der Waals surface area contributed by atoms with Gasteiger partial charge in [-0.15, -0.1) is 11.3 Å². The second-order valence-electron chi connectivity index (χ2n) is 7.72. The third-order valence-corrected chi connectivity index (χ3v) is 6.29. The van der Waals surface area contributed by atoms with E-state index in [1.54, 1.807) is 48.8 Å². The number of pyridine rings is 1. The largest absolute Gasteiger partial charge is 0.487 e. The summed E-state index contributed by atoms with van der Waals surface area (Å²) in [7, 11) is 0. The first-order valence-corrected chi connectivity index (χ1v) is 11.9. The zero-order valence-corrected chi connectivity index (χ0v) is 20.0. The number of amides is 2. The molecule has 3 aromatic heterocycles. The summed E-state index contributed by atoms with van der Waals surface area (Å²) < 4.78 is 21.6. The molecule has 0 saturated heterocycles. The molecule has 3 heterocycles. The van der Waals surface area contributed by atoms with Gasteiger partial charge in [-0.3, -0.25) is 14.6 Å². The highest BCUT2D eigenvalue weighted by Gasteiger charge is 2.16. The molecule has 0 fully saturated rings. The summed E-state index contributed by atoms with van der Waals surface area (Å²) in [6.45, 7) is 0.319. The molecule has 0 aliphatic heterocycles. The smallest absolute Gasteiger partial charge is 0.265 e. The van der Waals surface area contributed by atoms with Gasteiger partial charge in [-0.2, -0.15) is 5.10 Å². The fraction of sp³-hybridized carbons (Fsp3) is 0.0385. The van der Waals surface area contributed by atoms with E-state index in [0.717, 1.165) is 16.9 Å². The van der Waals surface area contributed by atoms with E-state index in [0.29, 0.717) is 27.8 Å². The lowest BCUT2D eigenvalue weighted by molar-refractivity contribution is 0.102. The predicted octanol–water partition coefficient (Wildman–Crippen LogP) is 4.95. The van der Waals surface area contributed by atoms with Gasteiger partial charge < -0.3 is 15.4 Å². The minimum absolute atomic E-state index is 0.204. The number of hydrogen-bond donors (Lipinski definition) is 2. The molecule has 2 aromatic carbocycles. The molecule has 0 aliphatic carbocycles. The van der Waals surface area contributed by atoms with Gasteiger partial charge in [0.1, 0.15) is 30.7 Å². The van der Waals surface area contributed by atoms with Gasteiger partial charge in [-0.05, 0) is 60.2 Å². The Bertz CT molecular complexity index is 1540. The van der Waals surface area contributed by atoms with Crippen molar-refractivity contribution in [2.24, 2.45) is 0 Å². The molecule has 0 spiro atoms. The van der Waals surface area contributed by atoms with Crippen molar-refractivity contribution in [2.45, 2.75) is 6.61 Å². The van der Waals surface area contributed by atoms with Crippen molar-refractivity contribution in [1.82, 2.24) is 19.7 Å². The summed E-state index contributed by atoms with van der Waals surface area (Å²) in [6, 6.07) is 18.1. The molecule has 184 valence electrons. The fourth-order valence-electron chi connectivity index (χ4n) is 3.40. The molecule has 9 nitrogen and oxygen atoms in total. The minimum atomic E-state index is -0.570. The van der Waals surface area contributed by atoms with Gasteiger partial charge in [0.2, 0.25) is 0 Å². The lowest BCUT2D eigenvalue weighted by atomic mass is 10.2.